The Morgan fingerprint density at radius 1 is 0.864 bits per heavy atom. The van der Waals surface area contributed by atoms with Gasteiger partial charge >= 0.3 is 0 Å². The largest absolute Gasteiger partial charge is 0.508 e. The third-order valence-corrected chi connectivity index (χ3v) is 12.4. The summed E-state index contributed by atoms with van der Waals surface area (Å²) in [5, 5.41) is 24.7. The van der Waals surface area contributed by atoms with E-state index < -0.39 is 69.4 Å². The number of ether oxygens (including phenoxy) is 1. The van der Waals surface area contributed by atoms with Crippen LogP contribution < -0.4 is 15.1 Å². The number of fused-ring (bicyclic) bond motifs is 4. The van der Waals surface area contributed by atoms with Crippen molar-refractivity contribution in [2.45, 2.75) is 30.8 Å². The van der Waals surface area contributed by atoms with Gasteiger partial charge in [0.05, 0.1) is 39.5 Å². The van der Waals surface area contributed by atoms with Gasteiger partial charge in [-0.25, -0.2) is 4.39 Å². The summed E-state index contributed by atoms with van der Waals surface area (Å²) >= 11 is 6.39. The second-order valence-corrected chi connectivity index (χ2v) is 15.6. The molecule has 4 aliphatic rings. The Kier molecular flexibility index (Phi) is 9.27. The Labute approximate surface area is 341 Å². The van der Waals surface area contributed by atoms with Crippen molar-refractivity contribution in [2.24, 2.45) is 23.7 Å². The Morgan fingerprint density at radius 3 is 2.25 bits per heavy atom. The lowest BCUT2D eigenvalue weighted by molar-refractivity contribution is -0.384. The molecule has 0 unspecified atom stereocenters. The van der Waals surface area contributed by atoms with Crippen molar-refractivity contribution in [1.82, 2.24) is 5.01 Å². The van der Waals surface area contributed by atoms with Gasteiger partial charge in [-0.1, -0.05) is 71.8 Å². The van der Waals surface area contributed by atoms with E-state index in [1.807, 2.05) is 36.4 Å². The Balaban J connectivity index is 1.19. The van der Waals surface area contributed by atoms with Crippen LogP contribution in [0.5, 0.6) is 11.5 Å². The average molecular weight is 813 g/mol. The van der Waals surface area contributed by atoms with Gasteiger partial charge in [0.15, 0.2) is 0 Å². The second kappa shape index (κ2) is 14.5. The highest BCUT2D eigenvalue weighted by Crippen LogP contribution is 2.65. The molecule has 12 nitrogen and oxygen atoms in total. The topological polar surface area (TPSA) is 159 Å². The number of halogens is 2. The van der Waals surface area contributed by atoms with Crippen molar-refractivity contribution in [2.75, 3.05) is 10.3 Å². The fraction of sp³-hybridized carbons (Fsp3) is 0.200. The predicted octanol–water partition coefficient (Wildman–Crippen LogP) is 7.86. The number of rotatable bonds is 9. The molecule has 3 fully saturated rings. The number of allylic oxidation sites excluding steroid dienone is 2. The maximum Gasteiger partial charge on any atom is 0.269 e. The molecule has 5 aromatic rings. The van der Waals surface area contributed by atoms with Gasteiger partial charge in [-0.3, -0.25) is 39.6 Å². The lowest BCUT2D eigenvalue weighted by Crippen LogP contribution is -2.53. The van der Waals surface area contributed by atoms with Crippen LogP contribution in [0.15, 0.2) is 133 Å². The van der Waals surface area contributed by atoms with E-state index >= 15 is 4.79 Å². The molecule has 59 heavy (non-hydrogen) atoms. The molecule has 6 atom stereocenters. The number of phenols is 1. The lowest BCUT2D eigenvalue weighted by atomic mass is 9.49. The highest BCUT2D eigenvalue weighted by Gasteiger charge is 2.70. The van der Waals surface area contributed by atoms with E-state index in [0.717, 1.165) is 15.5 Å². The van der Waals surface area contributed by atoms with Crippen LogP contribution in [0.25, 0.3) is 0 Å². The zero-order valence-electron chi connectivity index (χ0n) is 31.0. The first-order chi connectivity index (χ1) is 28.5. The molecule has 2 saturated heterocycles. The van der Waals surface area contributed by atoms with Gasteiger partial charge in [-0.05, 0) is 84.5 Å². The second-order valence-electron chi connectivity index (χ2n) is 15.2. The summed E-state index contributed by atoms with van der Waals surface area (Å²) in [7, 11) is 0. The molecular formula is C45H34ClFN4O8. The summed E-state index contributed by atoms with van der Waals surface area (Å²) in [5.74, 6) is -7.38. The van der Waals surface area contributed by atoms with Crippen LogP contribution in [0.2, 0.25) is 5.02 Å². The highest BCUT2D eigenvalue weighted by atomic mass is 35.5. The molecular weight excluding hydrogens is 779 g/mol. The fourth-order valence-electron chi connectivity index (χ4n) is 9.58. The smallest absolute Gasteiger partial charge is 0.269 e. The van der Waals surface area contributed by atoms with Crippen molar-refractivity contribution < 1.29 is 38.3 Å². The minimum atomic E-state index is -1.71. The van der Waals surface area contributed by atoms with Crippen LogP contribution in [0.1, 0.15) is 35.4 Å². The molecule has 14 heteroatoms. The van der Waals surface area contributed by atoms with Crippen LogP contribution in [0, 0.1) is 39.6 Å². The predicted molar refractivity (Wildman–Crippen MR) is 213 cm³/mol. The summed E-state index contributed by atoms with van der Waals surface area (Å²) in [6.07, 6.45) is 1.94. The number of carbonyl (C=O) groups is 4. The number of amides is 4. The SMILES string of the molecule is O=C1[C@@H]2C[C@@H]3C(=CC[C@@H]4C(=O)N(c5ccc([N+](=O)[O-])cc5)C(=O)[C@@H]43)[C@H](c3ccc(OCc4ccccc4)cc3O)[C@]2(c2ccc(Cl)cc2)C(=O)N1Nc1ccc(F)cc1. The molecule has 0 spiro atoms. The summed E-state index contributed by atoms with van der Waals surface area (Å²) < 4.78 is 20.0. The summed E-state index contributed by atoms with van der Waals surface area (Å²) in [6, 6.07) is 31.2. The van der Waals surface area contributed by atoms with Gasteiger partial charge < -0.3 is 9.84 Å². The molecule has 2 aliphatic carbocycles. The van der Waals surface area contributed by atoms with E-state index in [2.05, 4.69) is 5.43 Å². The number of carbonyl (C=O) groups excluding carboxylic acids is 4. The lowest BCUT2D eigenvalue weighted by Gasteiger charge is -2.50. The first kappa shape index (κ1) is 37.7. The Morgan fingerprint density at radius 2 is 1.58 bits per heavy atom. The zero-order valence-corrected chi connectivity index (χ0v) is 31.8. The zero-order chi connectivity index (χ0) is 41.2. The van der Waals surface area contributed by atoms with Crippen molar-refractivity contribution in [3.05, 3.63) is 171 Å². The highest BCUT2D eigenvalue weighted by molar-refractivity contribution is 6.30. The number of hydrogen-bond acceptors (Lipinski definition) is 9. The van der Waals surface area contributed by atoms with Crippen LogP contribution in [-0.2, 0) is 31.2 Å². The monoisotopic (exact) mass is 812 g/mol. The van der Waals surface area contributed by atoms with E-state index in [1.54, 1.807) is 36.4 Å². The number of anilines is 2. The van der Waals surface area contributed by atoms with Crippen molar-refractivity contribution in [3.8, 4) is 11.5 Å². The van der Waals surface area contributed by atoms with Gasteiger partial charge in [0.2, 0.25) is 11.8 Å². The van der Waals surface area contributed by atoms with E-state index in [1.165, 1.54) is 54.6 Å². The number of nitrogens with zero attached hydrogens (tertiary/aromatic N) is 3. The molecule has 9 rings (SSSR count). The number of nitro groups is 1. The molecule has 296 valence electrons. The number of benzene rings is 5. The van der Waals surface area contributed by atoms with E-state index in [0.29, 0.717) is 27.5 Å². The minimum Gasteiger partial charge on any atom is -0.508 e. The molecule has 4 amide bonds. The summed E-state index contributed by atoms with van der Waals surface area (Å²) in [5.41, 5.74) is 3.66. The molecule has 0 aromatic heterocycles. The molecule has 0 bridgehead atoms. The number of hydrogen-bond donors (Lipinski definition) is 2. The van der Waals surface area contributed by atoms with Crippen LogP contribution in [0.4, 0.5) is 21.5 Å². The molecule has 1 saturated carbocycles. The number of aromatic hydroxyl groups is 1. The normalized spacial score (nSPS) is 24.6. The molecule has 2 aliphatic heterocycles. The van der Waals surface area contributed by atoms with Crippen molar-refractivity contribution in [3.63, 3.8) is 0 Å². The van der Waals surface area contributed by atoms with Crippen molar-refractivity contribution in [1.29, 1.82) is 0 Å². The van der Waals surface area contributed by atoms with Gasteiger partial charge in [0.1, 0.15) is 23.9 Å². The number of phenolic OH excluding ortho intramolecular Hbond substituents is 1. The Hall–Kier alpha value is -6.86. The third-order valence-electron chi connectivity index (χ3n) is 12.1. The third kappa shape index (κ3) is 6.11. The number of hydrazine groups is 1. The minimum absolute atomic E-state index is 0.0234. The van der Waals surface area contributed by atoms with Gasteiger partial charge in [-0.15, -0.1) is 0 Å². The van der Waals surface area contributed by atoms with Crippen LogP contribution in [0.3, 0.4) is 0 Å². The fourth-order valence-corrected chi connectivity index (χ4v) is 9.70. The molecule has 2 N–H and O–H groups in total. The number of nitrogens with one attached hydrogen (secondary N) is 1. The standard InChI is InChI=1S/C45H34ClFN4O8/c46-27-8-6-26(7-9-27)45-37(42(54)50(44(45)56)48-29-12-10-28(47)11-13-29)23-36-33(40(45)34-19-18-32(22-38(34)52)59-24-25-4-2-1-3-5-25)20-21-35-39(36)43(55)49(41(35)53)30-14-16-31(17-15-30)51(57)58/h1-20,22,35-37,39-40,48,52H,21,23-24H2/t35-,36+,37-,39-,40+,45+/m0/s1. The van der Waals surface area contributed by atoms with E-state index in [-0.39, 0.29) is 42.3 Å². The van der Waals surface area contributed by atoms with Crippen LogP contribution >= 0.6 is 11.6 Å². The molecule has 5 aromatic carbocycles. The van der Waals surface area contributed by atoms with Gasteiger partial charge in [0.25, 0.3) is 17.5 Å². The van der Waals surface area contributed by atoms with Gasteiger partial charge in [0, 0.05) is 34.7 Å². The maximum absolute atomic E-state index is 15.4. The molecule has 0 radical (unpaired) electrons. The number of non-ortho nitro benzene ring substituents is 1. The average Bonchev–Trinajstić information content (AvgIpc) is 3.62. The van der Waals surface area contributed by atoms with E-state index in [4.69, 9.17) is 16.3 Å². The maximum atomic E-state index is 15.4. The number of imide groups is 2. The first-order valence-corrected chi connectivity index (χ1v) is 19.3. The van der Waals surface area contributed by atoms with Crippen LogP contribution in [-0.4, -0.2) is 38.7 Å². The quantitative estimate of drug-likeness (QED) is 0.0654. The van der Waals surface area contributed by atoms with E-state index in [9.17, 15) is 34.0 Å². The first-order valence-electron chi connectivity index (χ1n) is 19.0. The summed E-state index contributed by atoms with van der Waals surface area (Å²) in [4.78, 5) is 70.9. The van der Waals surface area contributed by atoms with Gasteiger partial charge in [-0.2, -0.15) is 5.01 Å². The molecule has 2 heterocycles. The van der Waals surface area contributed by atoms with Crippen molar-refractivity contribution >= 4 is 52.3 Å². The number of nitro benzene ring substituents is 1. The summed E-state index contributed by atoms with van der Waals surface area (Å²) in [6.45, 7) is 0.217. The Bertz CT molecular complexity index is 2570.